The zero-order valence-corrected chi connectivity index (χ0v) is 15.5. The lowest BCUT2D eigenvalue weighted by Crippen LogP contribution is -2.51. The molecule has 3 aliphatic rings. The van der Waals surface area contributed by atoms with Gasteiger partial charge in [-0.1, -0.05) is 12.8 Å². The highest BCUT2D eigenvalue weighted by Crippen LogP contribution is 2.29. The highest BCUT2D eigenvalue weighted by molar-refractivity contribution is 7.91. The van der Waals surface area contributed by atoms with Crippen LogP contribution in [0.4, 0.5) is 0 Å². The molecule has 0 aromatic heterocycles. The van der Waals surface area contributed by atoms with Crippen molar-refractivity contribution in [1.29, 1.82) is 0 Å². The molecule has 138 valence electrons. The van der Waals surface area contributed by atoms with Gasteiger partial charge in [-0.25, -0.2) is 8.42 Å². The van der Waals surface area contributed by atoms with E-state index in [2.05, 4.69) is 4.90 Å². The lowest BCUT2D eigenvalue weighted by atomic mass is 10.1. The number of sulfone groups is 1. The summed E-state index contributed by atoms with van der Waals surface area (Å²) in [4.78, 5) is 17.2. The van der Waals surface area contributed by atoms with E-state index in [-0.39, 0.29) is 29.5 Å². The molecule has 0 aromatic rings. The topological polar surface area (TPSA) is 66.9 Å². The third kappa shape index (κ3) is 4.29. The molecule has 1 atom stereocenters. The molecule has 1 amide bonds. The molecule has 3 fully saturated rings. The van der Waals surface area contributed by atoms with Gasteiger partial charge in [-0.05, 0) is 32.1 Å². The van der Waals surface area contributed by atoms with Crippen molar-refractivity contribution in [3.63, 3.8) is 0 Å². The Kier molecular flexibility index (Phi) is 5.82. The first-order valence-corrected chi connectivity index (χ1v) is 11.1. The average molecular weight is 359 g/mol. The van der Waals surface area contributed by atoms with Gasteiger partial charge in [-0.15, -0.1) is 0 Å². The van der Waals surface area contributed by atoms with Crippen LogP contribution in [0.3, 0.4) is 0 Å². The smallest absolute Gasteiger partial charge is 0.237 e. The summed E-state index contributed by atoms with van der Waals surface area (Å²) in [5, 5.41) is 0. The molecule has 0 unspecified atom stereocenters. The molecule has 0 N–H and O–H groups in total. The number of likely N-dealkylation sites (tertiary alicyclic amines) is 1. The Balaban J connectivity index is 1.63. The van der Waals surface area contributed by atoms with Gasteiger partial charge in [-0.2, -0.15) is 0 Å². The van der Waals surface area contributed by atoms with Gasteiger partial charge in [0, 0.05) is 32.3 Å². The second-order valence-corrected chi connectivity index (χ2v) is 9.74. The first kappa shape index (κ1) is 18.1. The first-order valence-electron chi connectivity index (χ1n) is 9.25. The number of hydrogen-bond donors (Lipinski definition) is 0. The Morgan fingerprint density at radius 3 is 2.29 bits per heavy atom. The molecule has 1 saturated carbocycles. The largest absolute Gasteiger partial charge is 0.381 e. The third-order valence-corrected chi connectivity index (χ3v) is 7.59. The maximum Gasteiger partial charge on any atom is 0.237 e. The normalized spacial score (nSPS) is 29.1. The SMILES string of the molecule is COC1CCN(CC(=O)N(C2CCCC2)[C@@H]2CCS(=O)(=O)C2)CC1. The molecule has 2 heterocycles. The van der Waals surface area contributed by atoms with Crippen molar-refractivity contribution in [2.24, 2.45) is 0 Å². The Bertz CT molecular complexity index is 537. The summed E-state index contributed by atoms with van der Waals surface area (Å²) in [6.45, 7) is 2.18. The standard InChI is InChI=1S/C17H30N2O4S/c1-23-16-6-9-18(10-7-16)12-17(20)19(14-4-2-3-5-14)15-8-11-24(21,22)13-15/h14-16H,2-13H2,1H3/t15-/m1/s1. The fraction of sp³-hybridized carbons (Fsp3) is 0.941. The monoisotopic (exact) mass is 358 g/mol. The van der Waals surface area contributed by atoms with E-state index in [1.807, 2.05) is 4.90 Å². The number of hydrogen-bond acceptors (Lipinski definition) is 5. The lowest BCUT2D eigenvalue weighted by molar-refractivity contribution is -0.137. The molecule has 2 saturated heterocycles. The van der Waals surface area contributed by atoms with Gasteiger partial charge in [0.1, 0.15) is 0 Å². The van der Waals surface area contributed by atoms with Crippen molar-refractivity contribution in [2.75, 3.05) is 38.2 Å². The predicted molar refractivity (Wildman–Crippen MR) is 92.6 cm³/mol. The second-order valence-electron chi connectivity index (χ2n) is 7.51. The van der Waals surface area contributed by atoms with E-state index >= 15 is 0 Å². The summed E-state index contributed by atoms with van der Waals surface area (Å²) in [7, 11) is -1.23. The highest BCUT2D eigenvalue weighted by atomic mass is 32.2. The fourth-order valence-electron chi connectivity index (χ4n) is 4.46. The Labute approximate surface area is 145 Å². The minimum atomic E-state index is -2.97. The van der Waals surface area contributed by atoms with Crippen LogP contribution < -0.4 is 0 Å². The molecule has 6 nitrogen and oxygen atoms in total. The summed E-state index contributed by atoms with van der Waals surface area (Å²) < 4.78 is 29.1. The minimum absolute atomic E-state index is 0.109. The number of carbonyl (C=O) groups is 1. The number of methoxy groups -OCH3 is 1. The van der Waals surface area contributed by atoms with E-state index in [1.165, 1.54) is 0 Å². The van der Waals surface area contributed by atoms with E-state index in [0.29, 0.717) is 19.1 Å². The van der Waals surface area contributed by atoms with Gasteiger partial charge in [0.15, 0.2) is 9.84 Å². The first-order chi connectivity index (χ1) is 11.5. The number of carbonyl (C=O) groups excluding carboxylic acids is 1. The fourth-order valence-corrected chi connectivity index (χ4v) is 6.17. The maximum atomic E-state index is 13.0. The summed E-state index contributed by atoms with van der Waals surface area (Å²) in [6.07, 6.45) is 7.18. The Hall–Kier alpha value is -0.660. The van der Waals surface area contributed by atoms with Gasteiger partial charge in [0.2, 0.25) is 5.91 Å². The number of rotatable bonds is 5. The van der Waals surface area contributed by atoms with Gasteiger partial charge in [-0.3, -0.25) is 9.69 Å². The van der Waals surface area contributed by atoms with E-state index in [1.54, 1.807) is 7.11 Å². The van der Waals surface area contributed by atoms with Crippen molar-refractivity contribution < 1.29 is 17.9 Å². The Morgan fingerprint density at radius 2 is 1.75 bits per heavy atom. The molecule has 2 aliphatic heterocycles. The van der Waals surface area contributed by atoms with Crippen LogP contribution in [0.1, 0.15) is 44.9 Å². The van der Waals surface area contributed by atoms with Crippen LogP contribution in [0.5, 0.6) is 0 Å². The second kappa shape index (κ2) is 7.70. The lowest BCUT2D eigenvalue weighted by Gasteiger charge is -2.37. The van der Waals surface area contributed by atoms with Crippen LogP contribution in [-0.4, -0.2) is 80.6 Å². The number of piperidine rings is 1. The van der Waals surface area contributed by atoms with Crippen molar-refractivity contribution in [1.82, 2.24) is 9.80 Å². The quantitative estimate of drug-likeness (QED) is 0.735. The van der Waals surface area contributed by atoms with Gasteiger partial charge in [0.05, 0.1) is 24.2 Å². The number of ether oxygens (including phenoxy) is 1. The van der Waals surface area contributed by atoms with Crippen LogP contribution in [0, 0.1) is 0 Å². The number of amides is 1. The zero-order valence-electron chi connectivity index (χ0n) is 14.7. The van der Waals surface area contributed by atoms with Gasteiger partial charge < -0.3 is 9.64 Å². The molecular formula is C17H30N2O4S. The zero-order chi connectivity index (χ0) is 17.2. The molecule has 0 radical (unpaired) electrons. The van der Waals surface area contributed by atoms with Crippen LogP contribution in [-0.2, 0) is 19.4 Å². The van der Waals surface area contributed by atoms with Crippen molar-refractivity contribution in [3.8, 4) is 0 Å². The molecule has 24 heavy (non-hydrogen) atoms. The van der Waals surface area contributed by atoms with Crippen LogP contribution >= 0.6 is 0 Å². The molecular weight excluding hydrogens is 328 g/mol. The highest BCUT2D eigenvalue weighted by Gasteiger charge is 2.39. The molecule has 0 bridgehead atoms. The molecule has 7 heteroatoms. The van der Waals surface area contributed by atoms with Crippen molar-refractivity contribution in [3.05, 3.63) is 0 Å². The maximum absolute atomic E-state index is 13.0. The van der Waals surface area contributed by atoms with Gasteiger partial charge in [0.25, 0.3) is 0 Å². The van der Waals surface area contributed by atoms with Crippen molar-refractivity contribution in [2.45, 2.75) is 63.1 Å². The van der Waals surface area contributed by atoms with Crippen LogP contribution in [0.25, 0.3) is 0 Å². The van der Waals surface area contributed by atoms with Crippen molar-refractivity contribution >= 4 is 15.7 Å². The predicted octanol–water partition coefficient (Wildman–Crippen LogP) is 1.06. The van der Waals surface area contributed by atoms with Crippen LogP contribution in [0.15, 0.2) is 0 Å². The van der Waals surface area contributed by atoms with E-state index < -0.39 is 9.84 Å². The molecule has 0 aromatic carbocycles. The summed E-state index contributed by atoms with van der Waals surface area (Å²) in [5.74, 6) is 0.508. The molecule has 3 rings (SSSR count). The third-order valence-electron chi connectivity index (χ3n) is 5.83. The molecule has 0 spiro atoms. The summed E-state index contributed by atoms with van der Waals surface area (Å²) in [5.41, 5.74) is 0. The summed E-state index contributed by atoms with van der Waals surface area (Å²) in [6, 6.07) is 0.134. The van der Waals surface area contributed by atoms with E-state index in [0.717, 1.165) is 51.6 Å². The van der Waals surface area contributed by atoms with Crippen LogP contribution in [0.2, 0.25) is 0 Å². The Morgan fingerprint density at radius 1 is 1.08 bits per heavy atom. The minimum Gasteiger partial charge on any atom is -0.381 e. The summed E-state index contributed by atoms with van der Waals surface area (Å²) >= 11 is 0. The van der Waals surface area contributed by atoms with E-state index in [4.69, 9.17) is 4.74 Å². The molecule has 1 aliphatic carbocycles. The number of nitrogens with zero attached hydrogens (tertiary/aromatic N) is 2. The average Bonchev–Trinajstić information content (AvgIpc) is 3.18. The van der Waals surface area contributed by atoms with E-state index in [9.17, 15) is 13.2 Å². The van der Waals surface area contributed by atoms with Gasteiger partial charge >= 0.3 is 0 Å².